The Bertz CT molecular complexity index is 2060. The van der Waals surface area contributed by atoms with E-state index in [1.165, 1.54) is 37.9 Å². The van der Waals surface area contributed by atoms with E-state index in [4.69, 9.17) is 4.98 Å². The van der Waals surface area contributed by atoms with Crippen LogP contribution in [0.5, 0.6) is 0 Å². The first-order valence-corrected chi connectivity index (χ1v) is 22.9. The molecule has 5 rings (SSSR count). The van der Waals surface area contributed by atoms with Gasteiger partial charge >= 0.3 is 0 Å². The molecule has 1 radical (unpaired) electrons. The molecule has 55 heavy (non-hydrogen) atoms. The van der Waals surface area contributed by atoms with Crippen molar-refractivity contribution in [2.75, 3.05) is 0 Å². The van der Waals surface area contributed by atoms with Crippen molar-refractivity contribution in [2.24, 2.45) is 11.8 Å². The van der Waals surface area contributed by atoms with Crippen molar-refractivity contribution in [1.29, 1.82) is 0 Å². The van der Waals surface area contributed by atoms with Crippen molar-refractivity contribution in [1.82, 2.24) is 4.98 Å². The molecule has 2 aromatic heterocycles. The molecule has 3 aromatic carbocycles. The van der Waals surface area contributed by atoms with E-state index >= 15 is 0 Å². The van der Waals surface area contributed by atoms with E-state index in [2.05, 4.69) is 142 Å². The number of nitrogens with zero attached hydrogens (tertiary/aromatic N) is 1. The van der Waals surface area contributed by atoms with Crippen LogP contribution in [0.3, 0.4) is 0 Å². The smallest absolute Gasteiger partial charge is 0.162 e. The Morgan fingerprint density at radius 2 is 1.35 bits per heavy atom. The zero-order valence-corrected chi connectivity index (χ0v) is 40.2. The molecule has 0 atom stereocenters. The minimum absolute atomic E-state index is 0. The predicted molar refractivity (Wildman–Crippen MR) is 240 cm³/mol. The fraction of sp³-hybridized carbons (Fsp3) is 0.469. The molecule has 0 unspecified atom stereocenters. The zero-order chi connectivity index (χ0) is 40.2. The molecular weight excluding hydrogens is 887 g/mol. The Hall–Kier alpha value is -2.89. The van der Waals surface area contributed by atoms with Crippen LogP contribution in [0, 0.1) is 24.8 Å². The molecule has 0 aliphatic rings. The average molecular weight is 953 g/mol. The molecule has 2 heterocycles. The van der Waals surface area contributed by atoms with Gasteiger partial charge < -0.3 is 5.11 Å². The number of aromatic nitrogens is 1. The second kappa shape index (κ2) is 18.6. The summed E-state index contributed by atoms with van der Waals surface area (Å²) in [5.74, 6) is 0.547. The van der Waals surface area contributed by atoms with Gasteiger partial charge in [0.1, 0.15) is 8.07 Å². The molecule has 0 bridgehead atoms. The molecule has 0 saturated carbocycles. The van der Waals surface area contributed by atoms with Gasteiger partial charge in [0.15, 0.2) is 5.78 Å². The van der Waals surface area contributed by atoms with Crippen LogP contribution < -0.4 is 9.69 Å². The Kier molecular flexibility index (Phi) is 15.7. The number of hydrogen-bond acceptors (Lipinski definition) is 4. The molecule has 0 saturated heterocycles. The molecule has 299 valence electrons. The fourth-order valence-electron chi connectivity index (χ4n) is 8.95. The van der Waals surface area contributed by atoms with Gasteiger partial charge in [-0.25, -0.2) is 0 Å². The van der Waals surface area contributed by atoms with Gasteiger partial charge in [-0.3, -0.25) is 9.78 Å². The van der Waals surface area contributed by atoms with Gasteiger partial charge in [-0.1, -0.05) is 155 Å². The summed E-state index contributed by atoms with van der Waals surface area (Å²) in [6, 6.07) is 28.4. The summed E-state index contributed by atoms with van der Waals surface area (Å²) < 4.78 is 2.87. The van der Waals surface area contributed by atoms with Crippen LogP contribution in [0.25, 0.3) is 32.1 Å². The van der Waals surface area contributed by atoms with Crippen LogP contribution in [0.2, 0.25) is 10.1 Å². The van der Waals surface area contributed by atoms with Gasteiger partial charge in [0.25, 0.3) is 0 Å². The number of hydrogen-bond donors (Lipinski definition) is 1. The number of carbonyl (C=O) groups is 1. The van der Waals surface area contributed by atoms with Crippen LogP contribution in [0.4, 0.5) is 0 Å². The molecule has 0 fully saturated rings. The summed E-state index contributed by atoms with van der Waals surface area (Å²) in [7, 11) is -2.31. The van der Waals surface area contributed by atoms with Crippen molar-refractivity contribution in [2.45, 2.75) is 138 Å². The van der Waals surface area contributed by atoms with E-state index in [0.717, 1.165) is 42.3 Å². The number of pyridine rings is 1. The number of rotatable bonds is 10. The molecule has 0 aliphatic carbocycles. The number of thiophene rings is 1. The molecule has 1 N–H and O–H groups in total. The first-order valence-electron chi connectivity index (χ1n) is 20.1. The first kappa shape index (κ1) is 46.5. The Morgan fingerprint density at radius 1 is 0.800 bits per heavy atom. The van der Waals surface area contributed by atoms with Gasteiger partial charge in [0, 0.05) is 59.1 Å². The third-order valence-corrected chi connectivity index (χ3v) is 20.7. The third kappa shape index (κ3) is 9.47. The molecule has 6 heteroatoms. The van der Waals surface area contributed by atoms with Crippen LogP contribution in [0.15, 0.2) is 84.8 Å². The normalized spacial score (nSPS) is 12.9. The second-order valence-electron chi connectivity index (χ2n) is 18.1. The number of carbonyl (C=O) groups excluding carboxylic acids is 1. The quantitative estimate of drug-likeness (QED) is 0.0657. The van der Waals surface area contributed by atoms with E-state index in [-0.39, 0.29) is 59.0 Å². The summed E-state index contributed by atoms with van der Waals surface area (Å²) >= 11 is 2.00. The van der Waals surface area contributed by atoms with Gasteiger partial charge in [0.2, 0.25) is 0 Å². The summed E-state index contributed by atoms with van der Waals surface area (Å²) in [6.07, 6.45) is 6.91. The second-order valence-corrected chi connectivity index (χ2v) is 25.1. The fourth-order valence-corrected chi connectivity index (χ4v) is 20.1. The van der Waals surface area contributed by atoms with Gasteiger partial charge in [-0.05, 0) is 65.1 Å². The molecule has 0 aliphatic heterocycles. The van der Waals surface area contributed by atoms with Gasteiger partial charge in [-0.15, -0.1) is 29.1 Å². The third-order valence-electron chi connectivity index (χ3n) is 11.6. The Balaban J connectivity index is 0.000000433. The number of aliphatic hydroxyl groups excluding tert-OH is 1. The van der Waals surface area contributed by atoms with E-state index in [0.29, 0.717) is 0 Å². The summed E-state index contributed by atoms with van der Waals surface area (Å²) in [6.45, 7) is 32.1. The zero-order valence-electron chi connectivity index (χ0n) is 36.0. The van der Waals surface area contributed by atoms with E-state index in [9.17, 15) is 9.90 Å². The summed E-state index contributed by atoms with van der Waals surface area (Å²) in [5, 5.41) is 15.3. The van der Waals surface area contributed by atoms with Crippen molar-refractivity contribution >= 4 is 55.7 Å². The number of fused-ring (bicyclic) bond motifs is 2. The number of benzene rings is 3. The Morgan fingerprint density at radius 3 is 1.87 bits per heavy atom. The summed E-state index contributed by atoms with van der Waals surface area (Å²) in [5.41, 5.74) is 4.94. The van der Waals surface area contributed by atoms with Crippen molar-refractivity contribution in [3.05, 3.63) is 102 Å². The minimum atomic E-state index is -2.31. The van der Waals surface area contributed by atoms with Gasteiger partial charge in [0.05, 0.1) is 5.76 Å². The van der Waals surface area contributed by atoms with E-state index in [1.807, 2.05) is 45.2 Å². The topological polar surface area (TPSA) is 50.2 Å². The number of aryl methyl sites for hydroxylation is 1. The van der Waals surface area contributed by atoms with Crippen LogP contribution in [0.1, 0.15) is 127 Å². The SMILES string of the molecule is CCC(CC)C(=O)/C=C(\O)C(CC)CC.Cc1c([Si](c2ccccc2)(C(C)(C)C)C(C)(C)C)sc2c(-c3[c-]c4ccccc4c(C(C)(C)C)c3)nccc12.[Ir]. The van der Waals surface area contributed by atoms with E-state index in [1.54, 1.807) is 4.50 Å². The molecule has 0 spiro atoms. The van der Waals surface area contributed by atoms with Crippen molar-refractivity contribution in [3.63, 3.8) is 0 Å². The largest absolute Gasteiger partial charge is 0.512 e. The van der Waals surface area contributed by atoms with Gasteiger partial charge in [-0.2, -0.15) is 11.3 Å². The predicted octanol–water partition coefficient (Wildman–Crippen LogP) is 13.6. The minimum Gasteiger partial charge on any atom is -0.512 e. The maximum Gasteiger partial charge on any atom is 0.162 e. The number of ketones is 1. The molecule has 0 amide bonds. The Labute approximate surface area is 351 Å². The molecular formula is C49H66IrNO2SSi-. The van der Waals surface area contributed by atoms with Crippen molar-refractivity contribution in [3.8, 4) is 11.3 Å². The maximum atomic E-state index is 11.7. The average Bonchev–Trinajstić information content (AvgIpc) is 3.44. The maximum absolute atomic E-state index is 11.7. The molecule has 3 nitrogen and oxygen atoms in total. The standard InChI is InChI=1S/C36H42NSSi.C13H24O2.Ir/c1-24-28-20-21-37-31(26-22-25-16-14-15-19-29(25)30(23-26)34(2,3)4)32(28)38-33(24)39(35(5,6)7,36(8,9)10)27-17-12-11-13-18-27;1-5-10(6-2)12(14)9-13(15)11(7-3)8-4;/h11-21,23H,1-10H3;9-11,14H,5-8H2,1-4H3;/q-1;;/b;12-9-;. The number of aliphatic hydroxyl groups is 1. The molecule has 5 aromatic rings. The van der Waals surface area contributed by atoms with Crippen LogP contribution >= 0.6 is 11.3 Å². The van der Waals surface area contributed by atoms with Crippen LogP contribution in [-0.2, 0) is 30.3 Å². The first-order chi connectivity index (χ1) is 25.3. The van der Waals surface area contributed by atoms with Crippen LogP contribution in [-0.4, -0.2) is 23.9 Å². The van der Waals surface area contributed by atoms with E-state index < -0.39 is 8.07 Å². The number of allylic oxidation sites excluding steroid dienone is 2. The monoisotopic (exact) mass is 953 g/mol. The van der Waals surface area contributed by atoms with Crippen molar-refractivity contribution < 1.29 is 30.0 Å². The summed E-state index contributed by atoms with van der Waals surface area (Å²) in [4.78, 5) is 16.8.